The van der Waals surface area contributed by atoms with Gasteiger partial charge in [-0.1, -0.05) is 12.5 Å². The number of carbonyl (C=O) groups is 1. The van der Waals surface area contributed by atoms with Gasteiger partial charge >= 0.3 is 5.97 Å². The van der Waals surface area contributed by atoms with Gasteiger partial charge in [-0.2, -0.15) is 5.26 Å². The highest BCUT2D eigenvalue weighted by atomic mass is 16.5. The minimum atomic E-state index is -0.392. The average molecular weight is 215 g/mol. The standard InChI is InChI=1S/C13H13NO2/c1-16-13(15)10-5-6-12(9-3-2-4-9)11(7-10)8-14/h5-7,9H,2-4H2,1H3. The quantitative estimate of drug-likeness (QED) is 0.712. The Morgan fingerprint density at radius 2 is 2.25 bits per heavy atom. The molecule has 3 nitrogen and oxygen atoms in total. The summed E-state index contributed by atoms with van der Waals surface area (Å²) in [6, 6.07) is 7.40. The molecule has 0 N–H and O–H groups in total. The number of ether oxygens (including phenoxy) is 1. The van der Waals surface area contributed by atoms with Crippen LogP contribution in [0.2, 0.25) is 0 Å². The molecule has 0 spiro atoms. The van der Waals surface area contributed by atoms with Crippen molar-refractivity contribution in [1.82, 2.24) is 0 Å². The maximum Gasteiger partial charge on any atom is 0.337 e. The Morgan fingerprint density at radius 1 is 1.50 bits per heavy atom. The molecule has 1 aliphatic carbocycles. The van der Waals surface area contributed by atoms with Gasteiger partial charge in [-0.05, 0) is 36.5 Å². The van der Waals surface area contributed by atoms with E-state index in [1.54, 1.807) is 12.1 Å². The molecule has 1 aromatic rings. The Kier molecular flexibility index (Phi) is 2.91. The van der Waals surface area contributed by atoms with Crippen molar-refractivity contribution in [2.24, 2.45) is 0 Å². The van der Waals surface area contributed by atoms with Crippen molar-refractivity contribution in [3.05, 3.63) is 34.9 Å². The number of benzene rings is 1. The molecule has 16 heavy (non-hydrogen) atoms. The number of carbonyl (C=O) groups excluding carboxylic acids is 1. The van der Waals surface area contributed by atoms with Gasteiger partial charge in [0.2, 0.25) is 0 Å². The van der Waals surface area contributed by atoms with Gasteiger partial charge in [-0.3, -0.25) is 0 Å². The minimum Gasteiger partial charge on any atom is -0.465 e. The van der Waals surface area contributed by atoms with Crippen LogP contribution in [0, 0.1) is 11.3 Å². The summed E-state index contributed by atoms with van der Waals surface area (Å²) in [5.41, 5.74) is 2.12. The second kappa shape index (κ2) is 4.36. The van der Waals surface area contributed by atoms with E-state index in [-0.39, 0.29) is 0 Å². The van der Waals surface area contributed by atoms with Crippen LogP contribution in [0.4, 0.5) is 0 Å². The van der Waals surface area contributed by atoms with Crippen LogP contribution in [-0.4, -0.2) is 13.1 Å². The molecule has 1 saturated carbocycles. The van der Waals surface area contributed by atoms with E-state index in [1.807, 2.05) is 6.07 Å². The fourth-order valence-corrected chi connectivity index (χ4v) is 1.97. The number of hydrogen-bond donors (Lipinski definition) is 0. The van der Waals surface area contributed by atoms with Gasteiger partial charge in [0.25, 0.3) is 0 Å². The molecule has 0 unspecified atom stereocenters. The summed E-state index contributed by atoms with van der Waals surface area (Å²) in [5.74, 6) is 0.109. The zero-order chi connectivity index (χ0) is 11.5. The maximum atomic E-state index is 11.3. The molecule has 1 aliphatic rings. The van der Waals surface area contributed by atoms with E-state index in [0.29, 0.717) is 17.0 Å². The Balaban J connectivity index is 2.35. The highest BCUT2D eigenvalue weighted by Gasteiger charge is 2.22. The summed E-state index contributed by atoms with van der Waals surface area (Å²) in [5, 5.41) is 9.06. The summed E-state index contributed by atoms with van der Waals surface area (Å²) in [6.07, 6.45) is 3.52. The van der Waals surface area contributed by atoms with E-state index in [0.717, 1.165) is 18.4 Å². The van der Waals surface area contributed by atoms with Crippen LogP contribution in [0.15, 0.2) is 18.2 Å². The van der Waals surface area contributed by atoms with Gasteiger partial charge in [-0.25, -0.2) is 4.79 Å². The monoisotopic (exact) mass is 215 g/mol. The molecule has 0 saturated heterocycles. The van der Waals surface area contributed by atoms with Crippen molar-refractivity contribution < 1.29 is 9.53 Å². The van der Waals surface area contributed by atoms with Crippen LogP contribution in [0.25, 0.3) is 0 Å². The molecule has 0 bridgehead atoms. The predicted octanol–water partition coefficient (Wildman–Crippen LogP) is 2.61. The summed E-state index contributed by atoms with van der Waals surface area (Å²) < 4.78 is 4.63. The van der Waals surface area contributed by atoms with Crippen LogP contribution >= 0.6 is 0 Å². The number of hydrogen-bond acceptors (Lipinski definition) is 3. The zero-order valence-corrected chi connectivity index (χ0v) is 9.19. The molecule has 1 aromatic carbocycles. The lowest BCUT2D eigenvalue weighted by atomic mass is 9.78. The molecule has 2 rings (SSSR count). The predicted molar refractivity (Wildman–Crippen MR) is 59.1 cm³/mol. The molecule has 0 aliphatic heterocycles. The first-order chi connectivity index (χ1) is 7.76. The molecule has 0 heterocycles. The SMILES string of the molecule is COC(=O)c1ccc(C2CCC2)c(C#N)c1. The van der Waals surface area contributed by atoms with Crippen molar-refractivity contribution in [3.63, 3.8) is 0 Å². The number of rotatable bonds is 2. The van der Waals surface area contributed by atoms with Gasteiger partial charge in [-0.15, -0.1) is 0 Å². The lowest BCUT2D eigenvalue weighted by Gasteiger charge is -2.26. The van der Waals surface area contributed by atoms with Gasteiger partial charge in [0.15, 0.2) is 0 Å². The summed E-state index contributed by atoms with van der Waals surface area (Å²) in [7, 11) is 1.34. The van der Waals surface area contributed by atoms with E-state index in [4.69, 9.17) is 5.26 Å². The topological polar surface area (TPSA) is 50.1 Å². The second-order valence-corrected chi connectivity index (χ2v) is 4.03. The molecule has 3 heteroatoms. The van der Waals surface area contributed by atoms with E-state index >= 15 is 0 Å². The van der Waals surface area contributed by atoms with E-state index < -0.39 is 5.97 Å². The fourth-order valence-electron chi connectivity index (χ4n) is 1.97. The Hall–Kier alpha value is -1.82. The van der Waals surface area contributed by atoms with Crippen molar-refractivity contribution in [1.29, 1.82) is 5.26 Å². The highest BCUT2D eigenvalue weighted by molar-refractivity contribution is 5.89. The summed E-state index contributed by atoms with van der Waals surface area (Å²) in [6.45, 7) is 0. The first-order valence-corrected chi connectivity index (χ1v) is 5.38. The van der Waals surface area contributed by atoms with Gasteiger partial charge < -0.3 is 4.74 Å². The highest BCUT2D eigenvalue weighted by Crippen LogP contribution is 2.38. The largest absolute Gasteiger partial charge is 0.465 e. The van der Waals surface area contributed by atoms with Crippen molar-refractivity contribution in [2.75, 3.05) is 7.11 Å². The lowest BCUT2D eigenvalue weighted by Crippen LogP contribution is -2.11. The van der Waals surface area contributed by atoms with Crippen LogP contribution in [0.5, 0.6) is 0 Å². The van der Waals surface area contributed by atoms with Crippen molar-refractivity contribution in [3.8, 4) is 6.07 Å². The van der Waals surface area contributed by atoms with Crippen molar-refractivity contribution in [2.45, 2.75) is 25.2 Å². The number of nitriles is 1. The second-order valence-electron chi connectivity index (χ2n) is 4.03. The smallest absolute Gasteiger partial charge is 0.337 e. The van der Waals surface area contributed by atoms with Crippen LogP contribution < -0.4 is 0 Å². The number of esters is 1. The van der Waals surface area contributed by atoms with E-state index in [1.165, 1.54) is 13.5 Å². The van der Waals surface area contributed by atoms with Gasteiger partial charge in [0, 0.05) is 0 Å². The normalized spacial score (nSPS) is 15.0. The lowest BCUT2D eigenvalue weighted by molar-refractivity contribution is 0.0600. The van der Waals surface area contributed by atoms with Crippen LogP contribution in [0.1, 0.15) is 46.7 Å². The first kappa shape index (κ1) is 10.7. The molecule has 1 fully saturated rings. The van der Waals surface area contributed by atoms with Crippen LogP contribution in [0.3, 0.4) is 0 Å². The maximum absolute atomic E-state index is 11.3. The summed E-state index contributed by atoms with van der Waals surface area (Å²) >= 11 is 0. The van der Waals surface area contributed by atoms with Gasteiger partial charge in [0.05, 0.1) is 24.3 Å². The third-order valence-electron chi connectivity index (χ3n) is 3.14. The zero-order valence-electron chi connectivity index (χ0n) is 9.19. The average Bonchev–Trinajstić information content (AvgIpc) is 2.26. The molecule has 0 radical (unpaired) electrons. The Bertz CT molecular complexity index is 455. The first-order valence-electron chi connectivity index (χ1n) is 5.38. The Labute approximate surface area is 94.6 Å². The molecular weight excluding hydrogens is 202 g/mol. The molecular formula is C13H13NO2. The molecule has 0 aromatic heterocycles. The minimum absolute atomic E-state index is 0.392. The van der Waals surface area contributed by atoms with E-state index in [2.05, 4.69) is 10.8 Å². The molecule has 0 atom stereocenters. The fraction of sp³-hybridized carbons (Fsp3) is 0.385. The third kappa shape index (κ3) is 1.79. The molecule has 82 valence electrons. The number of nitrogens with zero attached hydrogens (tertiary/aromatic N) is 1. The van der Waals surface area contributed by atoms with Crippen molar-refractivity contribution >= 4 is 5.97 Å². The Morgan fingerprint density at radius 3 is 2.75 bits per heavy atom. The van der Waals surface area contributed by atoms with E-state index in [9.17, 15) is 4.79 Å². The van der Waals surface area contributed by atoms with Crippen LogP contribution in [-0.2, 0) is 4.74 Å². The number of methoxy groups -OCH3 is 1. The molecule has 0 amide bonds. The third-order valence-corrected chi connectivity index (χ3v) is 3.14. The van der Waals surface area contributed by atoms with Gasteiger partial charge in [0.1, 0.15) is 0 Å². The summed E-state index contributed by atoms with van der Waals surface area (Å²) in [4.78, 5) is 11.3.